The third-order valence-corrected chi connectivity index (χ3v) is 6.06. The number of amides is 1. The predicted octanol–water partition coefficient (Wildman–Crippen LogP) is 5.42. The quantitative estimate of drug-likeness (QED) is 0.182. The maximum atomic E-state index is 11.3. The van der Waals surface area contributed by atoms with E-state index in [4.69, 9.17) is 4.55 Å². The fourth-order valence-electron chi connectivity index (χ4n) is 2.97. The number of carbonyl (C=O) groups excluding carboxylic acids is 1. The molecule has 0 aliphatic carbocycles. The lowest BCUT2D eigenvalue weighted by molar-refractivity contribution is -0.121. The third kappa shape index (κ3) is 18.3. The van der Waals surface area contributed by atoms with Crippen LogP contribution in [0, 0.1) is 0 Å². The van der Waals surface area contributed by atoms with Gasteiger partial charge in [-0.25, -0.2) is 0 Å². The molecule has 1 atom stereocenters. The smallest absolute Gasteiger partial charge is 0.267 e. The second-order valence-electron chi connectivity index (χ2n) is 7.40. The van der Waals surface area contributed by atoms with Crippen LogP contribution in [0.5, 0.6) is 0 Å². The molecule has 6 heteroatoms. The lowest BCUT2D eigenvalue weighted by Gasteiger charge is -2.07. The van der Waals surface area contributed by atoms with Gasteiger partial charge in [-0.1, -0.05) is 57.1 Å². The summed E-state index contributed by atoms with van der Waals surface area (Å²) in [5.41, 5.74) is 0. The molecule has 0 aromatic heterocycles. The maximum absolute atomic E-state index is 11.3. The van der Waals surface area contributed by atoms with Crippen molar-refractivity contribution in [2.75, 3.05) is 6.54 Å². The van der Waals surface area contributed by atoms with Gasteiger partial charge in [0.2, 0.25) is 5.91 Å². The van der Waals surface area contributed by atoms with Crippen LogP contribution in [-0.2, 0) is 14.9 Å². The highest BCUT2D eigenvalue weighted by Gasteiger charge is 2.15. The Morgan fingerprint density at radius 3 is 1.89 bits per heavy atom. The van der Waals surface area contributed by atoms with Gasteiger partial charge in [0, 0.05) is 13.0 Å². The highest BCUT2D eigenvalue weighted by Crippen LogP contribution is 2.13. The molecule has 0 bridgehead atoms. The molecule has 0 fully saturated rings. The second kappa shape index (κ2) is 17.2. The van der Waals surface area contributed by atoms with E-state index in [-0.39, 0.29) is 5.91 Å². The Balaban J connectivity index is 3.29. The molecule has 2 N–H and O–H groups in total. The Kier molecular flexibility index (Phi) is 16.7. The van der Waals surface area contributed by atoms with E-state index >= 15 is 0 Å². The number of nitrogens with one attached hydrogen (secondary N) is 1. The van der Waals surface area contributed by atoms with E-state index in [1.165, 1.54) is 32.1 Å². The van der Waals surface area contributed by atoms with Gasteiger partial charge in [-0.2, -0.15) is 8.42 Å². The third-order valence-electron chi connectivity index (χ3n) is 4.81. The zero-order chi connectivity index (χ0) is 20.4. The average Bonchev–Trinajstić information content (AvgIpc) is 2.60. The molecular weight excluding hydrogens is 362 g/mol. The molecule has 0 saturated heterocycles. The van der Waals surface area contributed by atoms with Crippen LogP contribution in [0.3, 0.4) is 0 Å². The Morgan fingerprint density at radius 1 is 0.889 bits per heavy atom. The zero-order valence-corrected chi connectivity index (χ0v) is 18.2. The fourth-order valence-corrected chi connectivity index (χ4v) is 3.44. The first-order valence-corrected chi connectivity index (χ1v) is 12.3. The van der Waals surface area contributed by atoms with Gasteiger partial charge in [-0.05, 0) is 52.4 Å². The number of allylic oxidation sites excluding steroid dienone is 2. The van der Waals surface area contributed by atoms with Crippen molar-refractivity contribution >= 4 is 16.0 Å². The van der Waals surface area contributed by atoms with Gasteiger partial charge in [0.15, 0.2) is 0 Å². The van der Waals surface area contributed by atoms with Gasteiger partial charge in [-0.3, -0.25) is 9.35 Å². The van der Waals surface area contributed by atoms with Crippen LogP contribution < -0.4 is 5.32 Å². The van der Waals surface area contributed by atoms with Crippen LogP contribution in [-0.4, -0.2) is 30.7 Å². The summed E-state index contributed by atoms with van der Waals surface area (Å²) in [6, 6.07) is 0. The van der Waals surface area contributed by atoms with Gasteiger partial charge in [0.05, 0.1) is 5.25 Å². The number of rotatable bonds is 18. The molecular formula is C21H41NO4S. The Morgan fingerprint density at radius 2 is 1.37 bits per heavy atom. The summed E-state index contributed by atoms with van der Waals surface area (Å²) >= 11 is 0. The van der Waals surface area contributed by atoms with Crippen LogP contribution in [0.2, 0.25) is 0 Å². The minimum absolute atomic E-state index is 0.174. The van der Waals surface area contributed by atoms with Gasteiger partial charge < -0.3 is 5.32 Å². The summed E-state index contributed by atoms with van der Waals surface area (Å²) < 4.78 is 30.7. The molecule has 1 unspecified atom stereocenters. The van der Waals surface area contributed by atoms with Crippen LogP contribution in [0.1, 0.15) is 104 Å². The molecule has 0 spiro atoms. The van der Waals surface area contributed by atoms with Crippen molar-refractivity contribution in [3.05, 3.63) is 12.2 Å². The van der Waals surface area contributed by atoms with Crippen LogP contribution >= 0.6 is 0 Å². The summed E-state index contributed by atoms with van der Waals surface area (Å²) in [4.78, 5) is 11.3. The van der Waals surface area contributed by atoms with Crippen molar-refractivity contribution in [2.24, 2.45) is 0 Å². The average molecular weight is 404 g/mol. The molecule has 0 aliphatic heterocycles. The molecule has 0 heterocycles. The van der Waals surface area contributed by atoms with Gasteiger partial charge in [0.25, 0.3) is 10.1 Å². The van der Waals surface area contributed by atoms with Gasteiger partial charge >= 0.3 is 0 Å². The number of hydrogen-bond donors (Lipinski definition) is 2. The molecule has 0 aromatic rings. The second-order valence-corrected chi connectivity index (χ2v) is 9.24. The van der Waals surface area contributed by atoms with E-state index in [0.29, 0.717) is 12.8 Å². The van der Waals surface area contributed by atoms with E-state index in [1.54, 1.807) is 6.92 Å². The Hall–Kier alpha value is -0.880. The minimum Gasteiger partial charge on any atom is -0.356 e. The molecule has 0 radical (unpaired) electrons. The summed E-state index contributed by atoms with van der Waals surface area (Å²) in [5, 5.41) is 2.19. The van der Waals surface area contributed by atoms with Crippen LogP contribution in [0.25, 0.3) is 0 Å². The van der Waals surface area contributed by atoms with Crippen LogP contribution in [0.4, 0.5) is 0 Å². The molecule has 0 aliphatic rings. The maximum Gasteiger partial charge on any atom is 0.267 e. The first kappa shape index (κ1) is 26.1. The number of carbonyl (C=O) groups is 1. The standard InChI is InChI=1S/C21H41NO4S/c1-3-22-21(23)19-17-15-13-11-9-7-5-4-6-8-10-12-14-16-18-20(2)27(24,25)26/h4-5,20H,3,6-19H2,1-2H3,(H,22,23)(H,24,25,26)/b5-4-. The summed E-state index contributed by atoms with van der Waals surface area (Å²) in [6.45, 7) is 4.23. The molecule has 160 valence electrons. The van der Waals surface area contributed by atoms with Crippen LogP contribution in [0.15, 0.2) is 12.2 Å². The summed E-state index contributed by atoms with van der Waals surface area (Å²) in [5.74, 6) is 0.174. The van der Waals surface area contributed by atoms with E-state index in [2.05, 4.69) is 17.5 Å². The molecule has 0 aromatic carbocycles. The normalized spacial score (nSPS) is 13.1. The van der Waals surface area contributed by atoms with Crippen molar-refractivity contribution in [1.29, 1.82) is 0 Å². The van der Waals surface area contributed by atoms with Crippen molar-refractivity contribution in [3.8, 4) is 0 Å². The Labute approximate surface area is 167 Å². The first-order valence-electron chi connectivity index (χ1n) is 10.8. The summed E-state index contributed by atoms with van der Waals surface area (Å²) in [7, 11) is -3.85. The van der Waals surface area contributed by atoms with Crippen molar-refractivity contribution in [1.82, 2.24) is 5.32 Å². The van der Waals surface area contributed by atoms with E-state index in [9.17, 15) is 13.2 Å². The Bertz CT molecular complexity index is 488. The molecule has 1 amide bonds. The fraction of sp³-hybridized carbons (Fsp3) is 0.857. The van der Waals surface area contributed by atoms with E-state index < -0.39 is 15.4 Å². The van der Waals surface area contributed by atoms with E-state index in [1.807, 2.05) is 6.92 Å². The summed E-state index contributed by atoms with van der Waals surface area (Å²) in [6.07, 6.45) is 19.2. The number of unbranched alkanes of at least 4 members (excludes halogenated alkanes) is 10. The monoisotopic (exact) mass is 403 g/mol. The van der Waals surface area contributed by atoms with E-state index in [0.717, 1.165) is 51.5 Å². The lowest BCUT2D eigenvalue weighted by atomic mass is 10.1. The molecule has 0 rings (SSSR count). The van der Waals surface area contributed by atoms with Gasteiger partial charge in [-0.15, -0.1) is 0 Å². The van der Waals surface area contributed by atoms with Crippen molar-refractivity contribution < 1.29 is 17.8 Å². The van der Waals surface area contributed by atoms with Gasteiger partial charge in [0.1, 0.15) is 0 Å². The SMILES string of the molecule is CCNC(=O)CCCCCCC/C=C\CCCCCCCC(C)S(=O)(=O)O. The highest BCUT2D eigenvalue weighted by molar-refractivity contribution is 7.86. The molecule has 0 saturated carbocycles. The molecule has 27 heavy (non-hydrogen) atoms. The van der Waals surface area contributed by atoms with Crippen molar-refractivity contribution in [3.63, 3.8) is 0 Å². The zero-order valence-electron chi connectivity index (χ0n) is 17.4. The predicted molar refractivity (Wildman–Crippen MR) is 113 cm³/mol. The first-order chi connectivity index (χ1) is 12.9. The molecule has 5 nitrogen and oxygen atoms in total. The largest absolute Gasteiger partial charge is 0.356 e. The minimum atomic E-state index is -3.85. The number of hydrogen-bond acceptors (Lipinski definition) is 3. The topological polar surface area (TPSA) is 83.5 Å². The van der Waals surface area contributed by atoms with Crippen molar-refractivity contribution in [2.45, 2.75) is 109 Å². The highest BCUT2D eigenvalue weighted by atomic mass is 32.2. The lowest BCUT2D eigenvalue weighted by Crippen LogP contribution is -2.21.